The van der Waals surface area contributed by atoms with Crippen molar-refractivity contribution in [2.45, 2.75) is 13.0 Å². The van der Waals surface area contributed by atoms with Gasteiger partial charge in [0.15, 0.2) is 0 Å². The summed E-state index contributed by atoms with van der Waals surface area (Å²) in [6, 6.07) is 12.9. The third-order valence-electron chi connectivity index (χ3n) is 3.05. The molecule has 0 atom stereocenters. The summed E-state index contributed by atoms with van der Waals surface area (Å²) >= 11 is 12.0. The number of hydrogen-bond donors (Lipinski definition) is 1. The zero-order chi connectivity index (χ0) is 17.5. The number of carbonyl (C=O) groups excluding carboxylic acids is 2. The SMILES string of the molecule is N#CCC(=O)Nc1ccc(C(=O)OCc2c(Cl)cccc2Cl)cc1. The number of benzene rings is 2. The number of halogens is 2. The first kappa shape index (κ1) is 17.8. The normalized spacial score (nSPS) is 9.88. The maximum absolute atomic E-state index is 12.0. The van der Waals surface area contributed by atoms with Gasteiger partial charge in [-0.2, -0.15) is 5.26 Å². The quantitative estimate of drug-likeness (QED) is 0.808. The zero-order valence-corrected chi connectivity index (χ0v) is 13.9. The Morgan fingerprint density at radius 1 is 1.08 bits per heavy atom. The molecule has 122 valence electrons. The molecule has 0 saturated heterocycles. The van der Waals surface area contributed by atoms with Crippen LogP contribution in [0.3, 0.4) is 0 Å². The van der Waals surface area contributed by atoms with Crippen LogP contribution in [0.1, 0.15) is 22.3 Å². The van der Waals surface area contributed by atoms with E-state index in [9.17, 15) is 9.59 Å². The van der Waals surface area contributed by atoms with Gasteiger partial charge in [0, 0.05) is 21.3 Å². The molecule has 2 rings (SSSR count). The van der Waals surface area contributed by atoms with Crippen LogP contribution in [0.25, 0.3) is 0 Å². The van der Waals surface area contributed by atoms with Crippen LogP contribution in [0, 0.1) is 11.3 Å². The highest BCUT2D eigenvalue weighted by Gasteiger charge is 2.11. The predicted octanol–water partition coefficient (Wildman–Crippen LogP) is 4.20. The molecular weight excluding hydrogens is 351 g/mol. The van der Waals surface area contributed by atoms with Crippen molar-refractivity contribution < 1.29 is 14.3 Å². The summed E-state index contributed by atoms with van der Waals surface area (Å²) in [5.41, 5.74) is 1.34. The maximum Gasteiger partial charge on any atom is 0.338 e. The second kappa shape index (κ2) is 8.34. The molecule has 0 unspecified atom stereocenters. The third-order valence-corrected chi connectivity index (χ3v) is 3.76. The van der Waals surface area contributed by atoms with Gasteiger partial charge in [0.05, 0.1) is 11.6 Å². The van der Waals surface area contributed by atoms with Gasteiger partial charge in [-0.1, -0.05) is 29.3 Å². The van der Waals surface area contributed by atoms with Crippen LogP contribution in [-0.4, -0.2) is 11.9 Å². The lowest BCUT2D eigenvalue weighted by Crippen LogP contribution is -2.10. The van der Waals surface area contributed by atoms with Crippen LogP contribution in [0.5, 0.6) is 0 Å². The van der Waals surface area contributed by atoms with Crippen LogP contribution in [0.2, 0.25) is 10.0 Å². The number of amides is 1. The molecular formula is C17H12Cl2N2O3. The fourth-order valence-electron chi connectivity index (χ4n) is 1.86. The van der Waals surface area contributed by atoms with E-state index in [1.165, 1.54) is 12.1 Å². The van der Waals surface area contributed by atoms with Crippen molar-refractivity contribution in [1.82, 2.24) is 0 Å². The van der Waals surface area contributed by atoms with Gasteiger partial charge < -0.3 is 10.1 Å². The first-order valence-corrected chi connectivity index (χ1v) is 7.63. The second-order valence-corrected chi connectivity index (χ2v) is 5.55. The highest BCUT2D eigenvalue weighted by Crippen LogP contribution is 2.25. The fourth-order valence-corrected chi connectivity index (χ4v) is 2.36. The van der Waals surface area contributed by atoms with Crippen molar-refractivity contribution in [3.63, 3.8) is 0 Å². The summed E-state index contributed by atoms with van der Waals surface area (Å²) < 4.78 is 5.20. The van der Waals surface area contributed by atoms with E-state index in [1.54, 1.807) is 36.4 Å². The zero-order valence-electron chi connectivity index (χ0n) is 12.4. The van der Waals surface area contributed by atoms with Gasteiger partial charge in [-0.15, -0.1) is 0 Å². The van der Waals surface area contributed by atoms with Crippen molar-refractivity contribution in [3.8, 4) is 6.07 Å². The number of ether oxygens (including phenoxy) is 1. The number of nitriles is 1. The van der Waals surface area contributed by atoms with Gasteiger partial charge in [0.1, 0.15) is 13.0 Å². The molecule has 7 heteroatoms. The first-order chi connectivity index (χ1) is 11.5. The molecule has 0 aliphatic rings. The Bertz CT molecular complexity index is 778. The Morgan fingerprint density at radius 3 is 2.29 bits per heavy atom. The van der Waals surface area contributed by atoms with E-state index in [1.807, 2.05) is 0 Å². The van der Waals surface area contributed by atoms with E-state index in [-0.39, 0.29) is 13.0 Å². The number of carbonyl (C=O) groups is 2. The van der Waals surface area contributed by atoms with E-state index in [2.05, 4.69) is 5.32 Å². The largest absolute Gasteiger partial charge is 0.457 e. The third kappa shape index (κ3) is 4.72. The minimum absolute atomic E-state index is 0.0437. The molecule has 5 nitrogen and oxygen atoms in total. The average Bonchev–Trinajstić information content (AvgIpc) is 2.55. The minimum atomic E-state index is -0.541. The number of hydrogen-bond acceptors (Lipinski definition) is 4. The molecule has 1 N–H and O–H groups in total. The molecule has 0 saturated carbocycles. The summed E-state index contributed by atoms with van der Waals surface area (Å²) in [4.78, 5) is 23.3. The minimum Gasteiger partial charge on any atom is -0.457 e. The topological polar surface area (TPSA) is 79.2 Å². The van der Waals surface area contributed by atoms with Gasteiger partial charge in [-0.3, -0.25) is 4.79 Å². The Labute approximate surface area is 148 Å². The molecule has 0 aliphatic heterocycles. The summed E-state index contributed by atoms with van der Waals surface area (Å²) in [6.45, 7) is -0.0437. The Kier molecular flexibility index (Phi) is 6.19. The molecule has 0 radical (unpaired) electrons. The van der Waals surface area contributed by atoms with Gasteiger partial charge in [0.2, 0.25) is 5.91 Å². The monoisotopic (exact) mass is 362 g/mol. The van der Waals surface area contributed by atoms with E-state index in [0.29, 0.717) is 26.9 Å². The summed E-state index contributed by atoms with van der Waals surface area (Å²) in [5.74, 6) is -0.956. The molecule has 0 aromatic heterocycles. The van der Waals surface area contributed by atoms with E-state index in [0.717, 1.165) is 0 Å². The van der Waals surface area contributed by atoms with E-state index in [4.69, 9.17) is 33.2 Å². The molecule has 0 spiro atoms. The van der Waals surface area contributed by atoms with E-state index >= 15 is 0 Å². The van der Waals surface area contributed by atoms with Crippen LogP contribution in [0.4, 0.5) is 5.69 Å². The molecule has 1 amide bonds. The second-order valence-electron chi connectivity index (χ2n) is 4.74. The lowest BCUT2D eigenvalue weighted by Gasteiger charge is -2.09. The van der Waals surface area contributed by atoms with Crippen LogP contribution in [0.15, 0.2) is 42.5 Å². The van der Waals surface area contributed by atoms with Crippen molar-refractivity contribution in [2.24, 2.45) is 0 Å². The number of nitrogens with zero attached hydrogens (tertiary/aromatic N) is 1. The van der Waals surface area contributed by atoms with Gasteiger partial charge in [-0.05, 0) is 36.4 Å². The highest BCUT2D eigenvalue weighted by atomic mass is 35.5. The Morgan fingerprint density at radius 2 is 1.71 bits per heavy atom. The predicted molar refractivity (Wildman–Crippen MR) is 90.9 cm³/mol. The van der Waals surface area contributed by atoms with Crippen LogP contribution >= 0.6 is 23.2 Å². The first-order valence-electron chi connectivity index (χ1n) is 6.88. The summed E-state index contributed by atoms with van der Waals surface area (Å²) in [7, 11) is 0. The molecule has 0 fully saturated rings. The summed E-state index contributed by atoms with van der Waals surface area (Å²) in [5, 5.41) is 11.8. The maximum atomic E-state index is 12.0. The Hall–Kier alpha value is -2.55. The van der Waals surface area contributed by atoms with Crippen LogP contribution in [-0.2, 0) is 16.1 Å². The molecule has 24 heavy (non-hydrogen) atoms. The van der Waals surface area contributed by atoms with E-state index < -0.39 is 11.9 Å². The number of nitrogens with one attached hydrogen (secondary N) is 1. The van der Waals surface area contributed by atoms with Crippen molar-refractivity contribution in [2.75, 3.05) is 5.32 Å². The van der Waals surface area contributed by atoms with Crippen molar-refractivity contribution in [3.05, 3.63) is 63.6 Å². The van der Waals surface area contributed by atoms with Crippen molar-refractivity contribution in [1.29, 1.82) is 5.26 Å². The van der Waals surface area contributed by atoms with Gasteiger partial charge in [0.25, 0.3) is 0 Å². The van der Waals surface area contributed by atoms with Crippen molar-refractivity contribution >= 4 is 40.8 Å². The molecule has 0 bridgehead atoms. The van der Waals surface area contributed by atoms with Crippen LogP contribution < -0.4 is 5.32 Å². The number of esters is 1. The lowest BCUT2D eigenvalue weighted by atomic mass is 10.2. The average molecular weight is 363 g/mol. The molecule has 2 aromatic rings. The lowest BCUT2D eigenvalue weighted by molar-refractivity contribution is -0.115. The van der Waals surface area contributed by atoms with Gasteiger partial charge in [-0.25, -0.2) is 4.79 Å². The summed E-state index contributed by atoms with van der Waals surface area (Å²) in [6.07, 6.45) is -0.234. The number of anilines is 1. The smallest absolute Gasteiger partial charge is 0.338 e. The molecule has 2 aromatic carbocycles. The fraction of sp³-hybridized carbons (Fsp3) is 0.118. The molecule has 0 aliphatic carbocycles. The number of rotatable bonds is 5. The standard InChI is InChI=1S/C17H12Cl2N2O3/c18-14-2-1-3-15(19)13(14)10-24-17(23)11-4-6-12(7-5-11)21-16(22)8-9-20/h1-7H,8,10H2,(H,21,22). The highest BCUT2D eigenvalue weighted by molar-refractivity contribution is 6.35. The Balaban J connectivity index is 1.98. The van der Waals surface area contributed by atoms with Gasteiger partial charge >= 0.3 is 5.97 Å². The molecule has 0 heterocycles.